The third-order valence-electron chi connectivity index (χ3n) is 5.98. The van der Waals surface area contributed by atoms with E-state index in [1.165, 1.54) is 5.56 Å². The number of carbonyl (C=O) groups excluding carboxylic acids is 1. The molecular formula is C27H32N4O2. The summed E-state index contributed by atoms with van der Waals surface area (Å²) < 4.78 is 5.62. The van der Waals surface area contributed by atoms with Gasteiger partial charge in [0.1, 0.15) is 5.75 Å². The van der Waals surface area contributed by atoms with E-state index >= 15 is 0 Å². The van der Waals surface area contributed by atoms with Crippen LogP contribution in [0.4, 0.5) is 5.82 Å². The minimum Gasteiger partial charge on any atom is -0.494 e. The number of aromatic nitrogens is 2. The molecule has 2 heterocycles. The van der Waals surface area contributed by atoms with Crippen LogP contribution in [0.5, 0.6) is 5.75 Å². The molecule has 6 nitrogen and oxygen atoms in total. The van der Waals surface area contributed by atoms with Gasteiger partial charge in [-0.2, -0.15) is 0 Å². The minimum atomic E-state index is -0.0514. The molecule has 6 heteroatoms. The maximum Gasteiger partial charge on any atom is 0.225 e. The van der Waals surface area contributed by atoms with Crippen LogP contribution in [0.15, 0.2) is 60.7 Å². The van der Waals surface area contributed by atoms with Crippen molar-refractivity contribution in [2.45, 2.75) is 39.7 Å². The molecule has 1 N–H and O–H groups in total. The lowest BCUT2D eigenvalue weighted by Gasteiger charge is -2.32. The lowest BCUT2D eigenvalue weighted by atomic mass is 9.97. The van der Waals surface area contributed by atoms with Crippen LogP contribution in [-0.2, 0) is 11.3 Å². The van der Waals surface area contributed by atoms with Gasteiger partial charge in [0, 0.05) is 25.2 Å². The van der Waals surface area contributed by atoms with Crippen molar-refractivity contribution in [1.29, 1.82) is 0 Å². The maximum atomic E-state index is 12.8. The highest BCUT2D eigenvalue weighted by Gasteiger charge is 2.26. The Morgan fingerprint density at radius 3 is 2.55 bits per heavy atom. The van der Waals surface area contributed by atoms with Crippen molar-refractivity contribution in [2.24, 2.45) is 5.92 Å². The van der Waals surface area contributed by atoms with Crippen molar-refractivity contribution >= 4 is 11.7 Å². The lowest BCUT2D eigenvalue weighted by Crippen LogP contribution is -2.43. The zero-order valence-electron chi connectivity index (χ0n) is 19.5. The fourth-order valence-electron chi connectivity index (χ4n) is 4.03. The number of amides is 1. The minimum absolute atomic E-state index is 0.0514. The molecule has 0 bridgehead atoms. The van der Waals surface area contributed by atoms with Gasteiger partial charge < -0.3 is 15.0 Å². The third kappa shape index (κ3) is 6.09. The van der Waals surface area contributed by atoms with E-state index in [1.807, 2.05) is 36.4 Å². The Morgan fingerprint density at radius 2 is 1.85 bits per heavy atom. The van der Waals surface area contributed by atoms with Crippen LogP contribution in [0, 0.1) is 12.8 Å². The number of ether oxygens (including phenoxy) is 1. The van der Waals surface area contributed by atoms with Crippen molar-refractivity contribution < 1.29 is 9.53 Å². The molecule has 0 radical (unpaired) electrons. The van der Waals surface area contributed by atoms with Crippen LogP contribution < -0.4 is 15.0 Å². The molecule has 172 valence electrons. The summed E-state index contributed by atoms with van der Waals surface area (Å²) in [5, 5.41) is 12.0. The summed E-state index contributed by atoms with van der Waals surface area (Å²) in [6.45, 7) is 6.95. The van der Waals surface area contributed by atoms with Gasteiger partial charge in [0.25, 0.3) is 0 Å². The lowest BCUT2D eigenvalue weighted by molar-refractivity contribution is -0.125. The molecule has 4 rings (SSSR count). The fraction of sp³-hybridized carbons (Fsp3) is 0.370. The van der Waals surface area contributed by atoms with Gasteiger partial charge in [-0.1, -0.05) is 48.9 Å². The molecule has 1 atom stereocenters. The van der Waals surface area contributed by atoms with Gasteiger partial charge in [0.05, 0.1) is 18.2 Å². The number of nitrogens with zero attached hydrogens (tertiary/aromatic N) is 3. The smallest absolute Gasteiger partial charge is 0.225 e. The topological polar surface area (TPSA) is 67.3 Å². The number of rotatable bonds is 8. The average Bonchev–Trinajstić information content (AvgIpc) is 2.87. The molecule has 1 amide bonds. The molecule has 1 unspecified atom stereocenters. The van der Waals surface area contributed by atoms with Crippen LogP contribution in [0.3, 0.4) is 0 Å². The summed E-state index contributed by atoms with van der Waals surface area (Å²) in [7, 11) is 0. The van der Waals surface area contributed by atoms with Crippen molar-refractivity contribution in [1.82, 2.24) is 15.5 Å². The standard InChI is InChI=1S/C27H32N4O2/c1-3-17-33-24-12-8-21(9-13-24)18-28-27(32)23-5-4-16-31(19-23)26-15-14-25(29-30-26)22-10-6-20(2)7-11-22/h6-15,23H,3-5,16-19H2,1-2H3,(H,28,32). The van der Waals surface area contributed by atoms with E-state index in [-0.39, 0.29) is 11.8 Å². The van der Waals surface area contributed by atoms with E-state index < -0.39 is 0 Å². The SMILES string of the molecule is CCCOc1ccc(CNC(=O)C2CCCN(c3ccc(-c4ccc(C)cc4)nn3)C2)cc1. The molecule has 0 aliphatic carbocycles. The monoisotopic (exact) mass is 444 g/mol. The summed E-state index contributed by atoms with van der Waals surface area (Å²) in [5.74, 6) is 1.73. The van der Waals surface area contributed by atoms with E-state index in [1.54, 1.807) is 0 Å². The summed E-state index contributed by atoms with van der Waals surface area (Å²) >= 11 is 0. The van der Waals surface area contributed by atoms with Gasteiger partial charge in [0.15, 0.2) is 5.82 Å². The Morgan fingerprint density at radius 1 is 1.06 bits per heavy atom. The Kier molecular flexibility index (Phi) is 7.55. The predicted octanol–water partition coefficient (Wildman–Crippen LogP) is 4.77. The highest BCUT2D eigenvalue weighted by atomic mass is 16.5. The number of piperidine rings is 1. The second-order valence-electron chi connectivity index (χ2n) is 8.64. The molecule has 0 spiro atoms. The molecule has 1 fully saturated rings. The Hall–Kier alpha value is -3.41. The highest BCUT2D eigenvalue weighted by molar-refractivity contribution is 5.79. The number of anilines is 1. The second-order valence-corrected chi connectivity index (χ2v) is 8.64. The Bertz CT molecular complexity index is 1030. The molecule has 33 heavy (non-hydrogen) atoms. The zero-order valence-corrected chi connectivity index (χ0v) is 19.5. The van der Waals surface area contributed by atoms with E-state index in [4.69, 9.17) is 4.74 Å². The Labute approximate surface area is 196 Å². The quantitative estimate of drug-likeness (QED) is 0.542. The molecule has 0 saturated carbocycles. The number of carbonyl (C=O) groups is 1. The van der Waals surface area contributed by atoms with Crippen molar-refractivity contribution in [3.63, 3.8) is 0 Å². The molecule has 3 aromatic rings. The predicted molar refractivity (Wildman–Crippen MR) is 131 cm³/mol. The molecule has 1 saturated heterocycles. The summed E-state index contributed by atoms with van der Waals surface area (Å²) in [5.41, 5.74) is 4.20. The molecule has 1 aromatic heterocycles. The van der Waals surface area contributed by atoms with E-state index in [0.29, 0.717) is 19.7 Å². The van der Waals surface area contributed by atoms with Gasteiger partial charge in [-0.15, -0.1) is 10.2 Å². The van der Waals surface area contributed by atoms with Crippen molar-refractivity contribution in [3.05, 3.63) is 71.8 Å². The van der Waals surface area contributed by atoms with Gasteiger partial charge in [0.2, 0.25) is 5.91 Å². The zero-order chi connectivity index (χ0) is 23.0. The van der Waals surface area contributed by atoms with Crippen LogP contribution in [0.2, 0.25) is 0 Å². The first-order valence-corrected chi connectivity index (χ1v) is 11.8. The van der Waals surface area contributed by atoms with Gasteiger partial charge >= 0.3 is 0 Å². The highest BCUT2D eigenvalue weighted by Crippen LogP contribution is 2.24. The van der Waals surface area contributed by atoms with E-state index in [0.717, 1.165) is 54.2 Å². The van der Waals surface area contributed by atoms with Gasteiger partial charge in [-0.25, -0.2) is 0 Å². The number of hydrogen-bond acceptors (Lipinski definition) is 5. The number of benzene rings is 2. The normalized spacial score (nSPS) is 15.8. The molecular weight excluding hydrogens is 412 g/mol. The molecule has 2 aromatic carbocycles. The molecule has 1 aliphatic heterocycles. The van der Waals surface area contributed by atoms with Crippen molar-refractivity contribution in [2.75, 3.05) is 24.6 Å². The fourth-order valence-corrected chi connectivity index (χ4v) is 4.03. The largest absolute Gasteiger partial charge is 0.494 e. The van der Waals surface area contributed by atoms with Crippen LogP contribution in [0.1, 0.15) is 37.3 Å². The summed E-state index contributed by atoms with van der Waals surface area (Å²) in [4.78, 5) is 15.0. The number of hydrogen-bond donors (Lipinski definition) is 1. The van der Waals surface area contributed by atoms with Crippen LogP contribution in [-0.4, -0.2) is 35.8 Å². The van der Waals surface area contributed by atoms with Crippen LogP contribution >= 0.6 is 0 Å². The first-order valence-electron chi connectivity index (χ1n) is 11.8. The maximum absolute atomic E-state index is 12.8. The van der Waals surface area contributed by atoms with E-state index in [9.17, 15) is 4.79 Å². The van der Waals surface area contributed by atoms with Crippen molar-refractivity contribution in [3.8, 4) is 17.0 Å². The van der Waals surface area contributed by atoms with E-state index in [2.05, 4.69) is 58.5 Å². The first-order chi connectivity index (χ1) is 16.1. The number of aryl methyl sites for hydroxylation is 1. The molecule has 1 aliphatic rings. The third-order valence-corrected chi connectivity index (χ3v) is 5.98. The average molecular weight is 445 g/mol. The van der Waals surface area contributed by atoms with Crippen LogP contribution in [0.25, 0.3) is 11.3 Å². The summed E-state index contributed by atoms with van der Waals surface area (Å²) in [6.07, 6.45) is 2.84. The second kappa shape index (κ2) is 10.9. The first kappa shape index (κ1) is 22.8. The summed E-state index contributed by atoms with van der Waals surface area (Å²) in [6, 6.07) is 20.2. The number of nitrogens with one attached hydrogen (secondary N) is 1. The van der Waals surface area contributed by atoms with Gasteiger partial charge in [-0.3, -0.25) is 4.79 Å². The Balaban J connectivity index is 1.31. The van der Waals surface area contributed by atoms with Gasteiger partial charge in [-0.05, 0) is 56.0 Å².